The number of nitrogens with one attached hydrogen (secondary N) is 1. The van der Waals surface area contributed by atoms with Gasteiger partial charge in [-0.05, 0) is 102 Å². The lowest BCUT2D eigenvalue weighted by molar-refractivity contribution is -0.136. The van der Waals surface area contributed by atoms with E-state index in [-0.39, 0.29) is 107 Å². The number of aromatic nitrogens is 2. The highest BCUT2D eigenvalue weighted by molar-refractivity contribution is 6.30. The molecule has 1 saturated heterocycles. The second kappa shape index (κ2) is 26.2. The first-order valence-electron chi connectivity index (χ1n) is 22.1. The summed E-state index contributed by atoms with van der Waals surface area (Å²) in [6, 6.07) is 24.7. The third-order valence-electron chi connectivity index (χ3n) is 10.6. The number of carbonyl (C=O) groups is 3. The van der Waals surface area contributed by atoms with Crippen LogP contribution in [0.3, 0.4) is 0 Å². The Kier molecular flexibility index (Phi) is 19.7. The van der Waals surface area contributed by atoms with Gasteiger partial charge in [-0.1, -0.05) is 42.8 Å². The molecule has 0 unspecified atom stereocenters. The number of esters is 1. The van der Waals surface area contributed by atoms with Crippen LogP contribution in [0.5, 0.6) is 34.5 Å². The highest BCUT2D eigenvalue weighted by Crippen LogP contribution is 2.30. The maximum atomic E-state index is 15.1. The number of ketones is 1. The molecule has 0 aliphatic carbocycles. The van der Waals surface area contributed by atoms with Gasteiger partial charge in [0.05, 0.1) is 36.6 Å². The molecular formula is C54H46Cl2F5N3O10. The van der Waals surface area contributed by atoms with Crippen molar-refractivity contribution in [2.45, 2.75) is 52.4 Å². The predicted octanol–water partition coefficient (Wildman–Crippen LogP) is 12.5. The summed E-state index contributed by atoms with van der Waals surface area (Å²) >= 11 is 11.5. The van der Waals surface area contributed by atoms with Gasteiger partial charge in [0.2, 0.25) is 0 Å². The average molecular weight is 1060 g/mol. The fraction of sp³-hybridized carbons (Fsp3) is 0.204. The Morgan fingerprint density at radius 2 is 1.15 bits per heavy atom. The van der Waals surface area contributed by atoms with E-state index >= 15 is 8.78 Å². The van der Waals surface area contributed by atoms with Crippen LogP contribution in [0.2, 0.25) is 10.0 Å². The zero-order chi connectivity index (χ0) is 52.0. The number of carboxylic acid groups (broad SMARTS) is 1. The van der Waals surface area contributed by atoms with Crippen LogP contribution in [0.15, 0.2) is 122 Å². The molecule has 0 radical (unpaired) electrons. The molecule has 20 heteroatoms. The number of hydrogen-bond donors (Lipinski definition) is 2. The van der Waals surface area contributed by atoms with Gasteiger partial charge in [-0.25, -0.2) is 26.7 Å². The molecule has 0 spiro atoms. The van der Waals surface area contributed by atoms with Crippen molar-refractivity contribution in [3.05, 3.63) is 194 Å². The van der Waals surface area contributed by atoms with Crippen LogP contribution in [0.25, 0.3) is 0 Å². The summed E-state index contributed by atoms with van der Waals surface area (Å²) in [5, 5.41) is 12.3. The summed E-state index contributed by atoms with van der Waals surface area (Å²) in [5.41, 5.74) is 1.91. The van der Waals surface area contributed by atoms with Gasteiger partial charge in [0, 0.05) is 71.8 Å². The molecule has 1 atom stereocenters. The largest absolute Gasteiger partial charge is 0.484 e. The number of anilines is 1. The fourth-order valence-corrected chi connectivity index (χ4v) is 7.27. The van der Waals surface area contributed by atoms with Crippen LogP contribution in [0, 0.1) is 29.1 Å². The van der Waals surface area contributed by atoms with Crippen molar-refractivity contribution in [1.82, 2.24) is 9.97 Å². The van der Waals surface area contributed by atoms with Gasteiger partial charge in [0.1, 0.15) is 36.3 Å². The molecule has 5 aromatic carbocycles. The van der Waals surface area contributed by atoms with Crippen LogP contribution >= 0.6 is 23.2 Å². The first kappa shape index (κ1) is 55.5. The average Bonchev–Trinajstić information content (AvgIpc) is 3.33. The molecular weight excluding hydrogens is 1020 g/mol. The lowest BCUT2D eigenvalue weighted by atomic mass is 9.99. The number of nitrogens with zero attached hydrogens (tertiary/aromatic N) is 2. The minimum Gasteiger partial charge on any atom is -0.484 e. The number of benzene rings is 5. The third kappa shape index (κ3) is 15.8. The summed E-state index contributed by atoms with van der Waals surface area (Å²) < 4.78 is 104. The molecule has 0 saturated carbocycles. The summed E-state index contributed by atoms with van der Waals surface area (Å²) in [7, 11) is 1.19. The number of aliphatic carboxylic acids is 1. The first-order chi connectivity index (χ1) is 35.1. The fourth-order valence-electron chi connectivity index (χ4n) is 6.95. The van der Waals surface area contributed by atoms with Gasteiger partial charge in [-0.3, -0.25) is 19.6 Å². The zero-order valence-corrected chi connectivity index (χ0v) is 40.0. The number of carboxylic acids is 1. The van der Waals surface area contributed by atoms with E-state index < -0.39 is 41.0 Å². The maximum absolute atomic E-state index is 15.1. The highest BCUT2D eigenvalue weighted by Gasteiger charge is 2.22. The SMILES string of the molecule is C.COC(=O)c1cc(F)c(CC(=O)Cc2ccc(Oc3ccnc(COc4ccc(Cl)cc4F)c3)c(F)c2)c(NC[C@@H]2CCO2)c1.O=C(O)Cc1ccc(Oc2ccnc(COc3ccc(Cl)cc3F)c2)c(F)c1. The molecule has 8 rings (SSSR count). The van der Waals surface area contributed by atoms with E-state index in [4.69, 9.17) is 56.7 Å². The molecule has 0 amide bonds. The first-order valence-corrected chi connectivity index (χ1v) is 22.8. The molecule has 3 heterocycles. The summed E-state index contributed by atoms with van der Waals surface area (Å²) in [4.78, 5) is 43.9. The van der Waals surface area contributed by atoms with E-state index in [1.165, 1.54) is 104 Å². The third-order valence-corrected chi connectivity index (χ3v) is 11.1. The standard InChI is InChI=1S/C33H28ClF3N2O6.C20H14ClF2NO4.CH4/c1-42-33(41)20-12-27(35)26(30(13-20)39-17-25-7-9-43-25)16-23(40)10-19-2-4-32(28(36)11-19)45-24-6-8-38-22(15-24)18-44-31-5-3-21(34)14-29(31)37;21-13-2-4-18(17(23)9-13)27-11-14-10-15(5-6-24-14)28-19-3-1-12(7-16(19)22)8-20(25)26;/h2-6,8,11-15,25,39H,7,9-10,16-18H2,1H3;1-7,9-10H,8,11H2,(H,25,26);1H4/t25-;;/m0../s1. The Labute approximate surface area is 431 Å². The Hall–Kier alpha value is -7.80. The van der Waals surface area contributed by atoms with Crippen molar-refractivity contribution in [3.8, 4) is 34.5 Å². The second-order valence-electron chi connectivity index (χ2n) is 16.0. The number of ether oxygens (including phenoxy) is 6. The lowest BCUT2D eigenvalue weighted by Gasteiger charge is -2.27. The monoisotopic (exact) mass is 1060 g/mol. The van der Waals surface area contributed by atoms with Crippen LogP contribution in [0.1, 0.15) is 52.3 Å². The van der Waals surface area contributed by atoms with Crippen molar-refractivity contribution in [3.63, 3.8) is 0 Å². The van der Waals surface area contributed by atoms with Crippen LogP contribution in [-0.4, -0.2) is 59.2 Å². The van der Waals surface area contributed by atoms with Crippen LogP contribution in [0.4, 0.5) is 27.6 Å². The Morgan fingerprint density at radius 3 is 1.61 bits per heavy atom. The topological polar surface area (TPSA) is 165 Å². The Balaban J connectivity index is 0.000000264. The summed E-state index contributed by atoms with van der Waals surface area (Å²) in [6.07, 6.45) is 2.94. The van der Waals surface area contributed by atoms with Gasteiger partial charge < -0.3 is 38.8 Å². The molecule has 7 aromatic rings. The zero-order valence-electron chi connectivity index (χ0n) is 38.4. The number of methoxy groups -OCH3 is 1. The van der Waals surface area contributed by atoms with Crippen molar-refractivity contribution in [2.75, 3.05) is 25.6 Å². The molecule has 1 fully saturated rings. The van der Waals surface area contributed by atoms with Gasteiger partial charge in [-0.2, -0.15) is 0 Å². The van der Waals surface area contributed by atoms with Gasteiger partial charge in [-0.15, -0.1) is 0 Å². The molecule has 1 aliphatic rings. The molecule has 2 N–H and O–H groups in total. The number of rotatable bonds is 20. The number of pyridine rings is 2. The molecule has 1 aliphatic heterocycles. The van der Waals surface area contributed by atoms with Crippen molar-refractivity contribution < 1.29 is 69.9 Å². The minimum atomic E-state index is -1.05. The van der Waals surface area contributed by atoms with E-state index in [1.807, 2.05) is 0 Å². The molecule has 386 valence electrons. The number of halogens is 7. The molecule has 13 nitrogen and oxygen atoms in total. The minimum absolute atomic E-state index is 0. The van der Waals surface area contributed by atoms with Gasteiger partial charge >= 0.3 is 11.9 Å². The van der Waals surface area contributed by atoms with E-state index in [9.17, 15) is 27.6 Å². The normalized spacial score (nSPS) is 12.5. The van der Waals surface area contributed by atoms with Crippen LogP contribution < -0.4 is 24.3 Å². The highest BCUT2D eigenvalue weighted by atomic mass is 35.5. The number of hydrogen-bond acceptors (Lipinski definition) is 12. The smallest absolute Gasteiger partial charge is 0.338 e. The molecule has 74 heavy (non-hydrogen) atoms. The van der Waals surface area contributed by atoms with E-state index in [0.29, 0.717) is 41.4 Å². The van der Waals surface area contributed by atoms with E-state index in [1.54, 1.807) is 0 Å². The van der Waals surface area contributed by atoms with Gasteiger partial charge in [0.25, 0.3) is 0 Å². The second-order valence-corrected chi connectivity index (χ2v) is 16.9. The van der Waals surface area contributed by atoms with Gasteiger partial charge in [0.15, 0.2) is 46.3 Å². The number of carbonyl (C=O) groups excluding carboxylic acids is 2. The molecule has 2 aromatic heterocycles. The number of Topliss-reactive ketones (excluding diaryl/α,β-unsaturated/α-hetero) is 1. The predicted molar refractivity (Wildman–Crippen MR) is 264 cm³/mol. The Bertz CT molecular complexity index is 3130. The van der Waals surface area contributed by atoms with Crippen molar-refractivity contribution in [1.29, 1.82) is 0 Å². The van der Waals surface area contributed by atoms with Crippen LogP contribution in [-0.2, 0) is 51.5 Å². The lowest BCUT2D eigenvalue weighted by Crippen LogP contribution is -2.33. The summed E-state index contributed by atoms with van der Waals surface area (Å²) in [6.45, 7) is 0.915. The Morgan fingerprint density at radius 1 is 0.649 bits per heavy atom. The van der Waals surface area contributed by atoms with E-state index in [2.05, 4.69) is 15.3 Å². The molecule has 0 bridgehead atoms. The van der Waals surface area contributed by atoms with Crippen molar-refractivity contribution >= 4 is 46.6 Å². The van der Waals surface area contributed by atoms with E-state index in [0.717, 1.165) is 30.7 Å². The van der Waals surface area contributed by atoms with Crippen molar-refractivity contribution in [2.24, 2.45) is 0 Å². The maximum Gasteiger partial charge on any atom is 0.338 e. The quantitative estimate of drug-likeness (QED) is 0.0548. The summed E-state index contributed by atoms with van der Waals surface area (Å²) in [5.74, 6) is -5.04.